The van der Waals surface area contributed by atoms with Crippen molar-refractivity contribution in [3.05, 3.63) is 0 Å². The van der Waals surface area contributed by atoms with Crippen molar-refractivity contribution in [3.8, 4) is 0 Å². The van der Waals surface area contributed by atoms with Crippen molar-refractivity contribution >= 4 is 22.8 Å². The minimum Gasteiger partial charge on any atom is -0.254 e. The zero-order valence-corrected chi connectivity index (χ0v) is 10.2. The highest BCUT2D eigenvalue weighted by atomic mass is 32.2. The Morgan fingerprint density at radius 1 is 1.46 bits per heavy atom. The number of nitrogens with zero attached hydrogens (tertiary/aromatic N) is 1. The van der Waals surface area contributed by atoms with Crippen LogP contribution in [0.15, 0.2) is 0 Å². The Balaban J connectivity index is 3.95. The van der Waals surface area contributed by atoms with Crippen LogP contribution in [-0.2, 0) is 10.0 Å². The van der Waals surface area contributed by atoms with E-state index in [9.17, 15) is 8.42 Å². The first-order valence-corrected chi connectivity index (χ1v) is 6.40. The van der Waals surface area contributed by atoms with Crippen molar-refractivity contribution in [2.24, 2.45) is 0 Å². The van der Waals surface area contributed by atoms with Gasteiger partial charge < -0.3 is 0 Å². The molecule has 0 aliphatic carbocycles. The van der Waals surface area contributed by atoms with Crippen LogP contribution >= 0.6 is 12.8 Å². The van der Waals surface area contributed by atoms with Gasteiger partial charge in [0.25, 0.3) is 0 Å². The van der Waals surface area contributed by atoms with E-state index in [1.165, 1.54) is 6.26 Å². The van der Waals surface area contributed by atoms with E-state index in [1.807, 2.05) is 20.9 Å². The number of sulfonamides is 1. The molecule has 0 fully saturated rings. The molecule has 13 heavy (non-hydrogen) atoms. The number of nitrogens with one attached hydrogen (secondary N) is 1. The topological polar surface area (TPSA) is 49.4 Å². The Labute approximate surface area is 86.3 Å². The fraction of sp³-hybridized carbons (Fsp3) is 1.00. The number of hydrogen-bond acceptors (Lipinski definition) is 4. The highest BCUT2D eigenvalue weighted by Gasteiger charge is 2.13. The summed E-state index contributed by atoms with van der Waals surface area (Å²) in [6.45, 7) is 3.84. The lowest BCUT2D eigenvalue weighted by Gasteiger charge is -2.22. The Kier molecular flexibility index (Phi) is 5.28. The quantitative estimate of drug-likeness (QED) is 0.670. The molecule has 0 aromatic rings. The first-order valence-electron chi connectivity index (χ1n) is 4.11. The standard InChI is InChI=1S/C7H18N2O2S2/c1-6(8-13(4,10)11)5-7(2)9(3)12/h6-8,12H,5H2,1-4H3. The van der Waals surface area contributed by atoms with Crippen molar-refractivity contribution < 1.29 is 8.42 Å². The van der Waals surface area contributed by atoms with E-state index in [4.69, 9.17) is 0 Å². The monoisotopic (exact) mass is 226 g/mol. The molecule has 0 aliphatic heterocycles. The Bertz CT molecular complexity index is 239. The molecule has 0 spiro atoms. The van der Waals surface area contributed by atoms with E-state index in [2.05, 4.69) is 17.5 Å². The summed E-state index contributed by atoms with van der Waals surface area (Å²) in [4.78, 5) is 0. The summed E-state index contributed by atoms with van der Waals surface area (Å²) in [5.74, 6) is 0. The third-order valence-corrected chi connectivity index (χ3v) is 2.97. The molecule has 4 nitrogen and oxygen atoms in total. The maximum absolute atomic E-state index is 10.8. The molecule has 0 amide bonds. The smallest absolute Gasteiger partial charge is 0.208 e. The minimum atomic E-state index is -3.09. The van der Waals surface area contributed by atoms with Crippen molar-refractivity contribution in [2.45, 2.75) is 32.4 Å². The van der Waals surface area contributed by atoms with Gasteiger partial charge >= 0.3 is 0 Å². The van der Waals surface area contributed by atoms with E-state index in [1.54, 1.807) is 4.31 Å². The molecule has 0 saturated heterocycles. The van der Waals surface area contributed by atoms with Crippen molar-refractivity contribution in [1.29, 1.82) is 0 Å². The molecule has 0 aliphatic rings. The molecule has 2 unspecified atom stereocenters. The average molecular weight is 226 g/mol. The van der Waals surface area contributed by atoms with Gasteiger partial charge in [-0.25, -0.2) is 13.1 Å². The Morgan fingerprint density at radius 3 is 2.23 bits per heavy atom. The largest absolute Gasteiger partial charge is 0.254 e. The predicted molar refractivity (Wildman–Crippen MR) is 58.3 cm³/mol. The van der Waals surface area contributed by atoms with Crippen molar-refractivity contribution in [1.82, 2.24) is 9.03 Å². The average Bonchev–Trinajstić information content (AvgIpc) is 1.81. The molecular formula is C7H18N2O2S2. The fourth-order valence-electron chi connectivity index (χ4n) is 1.08. The first-order chi connectivity index (χ1) is 5.72. The third-order valence-electron chi connectivity index (χ3n) is 1.75. The zero-order valence-electron chi connectivity index (χ0n) is 8.48. The molecule has 6 heteroatoms. The lowest BCUT2D eigenvalue weighted by Crippen LogP contribution is -2.36. The molecule has 1 N–H and O–H groups in total. The fourth-order valence-corrected chi connectivity index (χ4v) is 2.00. The van der Waals surface area contributed by atoms with E-state index in [0.717, 1.165) is 6.42 Å². The summed E-state index contributed by atoms with van der Waals surface area (Å²) in [5.41, 5.74) is 0. The van der Waals surface area contributed by atoms with Gasteiger partial charge in [-0.15, -0.1) is 0 Å². The molecule has 0 aromatic heterocycles. The van der Waals surface area contributed by atoms with Gasteiger partial charge in [0.1, 0.15) is 0 Å². The summed E-state index contributed by atoms with van der Waals surface area (Å²) in [5, 5.41) is 0. The highest BCUT2D eigenvalue weighted by Crippen LogP contribution is 2.06. The van der Waals surface area contributed by atoms with Crippen molar-refractivity contribution in [2.75, 3.05) is 13.3 Å². The minimum absolute atomic E-state index is 0.0559. The van der Waals surface area contributed by atoms with Crippen LogP contribution in [0.3, 0.4) is 0 Å². The van der Waals surface area contributed by atoms with Crippen LogP contribution in [0.5, 0.6) is 0 Å². The second-order valence-electron chi connectivity index (χ2n) is 3.45. The predicted octanol–water partition coefficient (Wildman–Crippen LogP) is 0.479. The van der Waals surface area contributed by atoms with Crippen molar-refractivity contribution in [3.63, 3.8) is 0 Å². The molecule has 0 radical (unpaired) electrons. The van der Waals surface area contributed by atoms with E-state index >= 15 is 0 Å². The van der Waals surface area contributed by atoms with Gasteiger partial charge in [-0.05, 0) is 27.3 Å². The maximum atomic E-state index is 10.8. The van der Waals surface area contributed by atoms with Gasteiger partial charge in [0.15, 0.2) is 0 Å². The van der Waals surface area contributed by atoms with Gasteiger partial charge in [0, 0.05) is 12.1 Å². The Hall–Kier alpha value is 0.220. The molecule has 0 aromatic carbocycles. The van der Waals surface area contributed by atoms with Crippen LogP contribution in [0.2, 0.25) is 0 Å². The SMILES string of the molecule is CC(CC(C)N(C)S)NS(C)(=O)=O. The summed E-state index contributed by atoms with van der Waals surface area (Å²) in [6, 6.07) is 0.187. The highest BCUT2D eigenvalue weighted by molar-refractivity contribution is 7.88. The summed E-state index contributed by atoms with van der Waals surface area (Å²) < 4.78 is 26.0. The summed E-state index contributed by atoms with van der Waals surface area (Å²) in [7, 11) is -1.24. The number of hydrogen-bond donors (Lipinski definition) is 2. The van der Waals surface area contributed by atoms with Gasteiger partial charge in [-0.3, -0.25) is 4.31 Å². The van der Waals surface area contributed by atoms with Crippen LogP contribution in [0.25, 0.3) is 0 Å². The molecule has 2 atom stereocenters. The summed E-state index contributed by atoms with van der Waals surface area (Å²) >= 11 is 4.14. The zero-order chi connectivity index (χ0) is 10.6. The number of thiol groups is 1. The summed E-state index contributed by atoms with van der Waals surface area (Å²) in [6.07, 6.45) is 1.91. The van der Waals surface area contributed by atoms with Gasteiger partial charge in [-0.2, -0.15) is 0 Å². The third kappa shape index (κ3) is 7.30. The van der Waals surface area contributed by atoms with Crippen LogP contribution in [0.4, 0.5) is 0 Å². The first kappa shape index (κ1) is 13.2. The number of rotatable bonds is 5. The van der Waals surface area contributed by atoms with Gasteiger partial charge in [0.2, 0.25) is 10.0 Å². The van der Waals surface area contributed by atoms with E-state index < -0.39 is 10.0 Å². The normalized spacial score (nSPS) is 17.4. The van der Waals surface area contributed by atoms with E-state index in [-0.39, 0.29) is 12.1 Å². The van der Waals surface area contributed by atoms with E-state index in [0.29, 0.717) is 0 Å². The Morgan fingerprint density at radius 2 is 1.92 bits per heavy atom. The maximum Gasteiger partial charge on any atom is 0.208 e. The lowest BCUT2D eigenvalue weighted by molar-refractivity contribution is 0.383. The van der Waals surface area contributed by atoms with Crippen LogP contribution < -0.4 is 4.72 Å². The second kappa shape index (κ2) is 5.19. The van der Waals surface area contributed by atoms with Crippen LogP contribution in [0, 0.1) is 0 Å². The van der Waals surface area contributed by atoms with Gasteiger partial charge in [-0.1, -0.05) is 12.8 Å². The van der Waals surface area contributed by atoms with Crippen LogP contribution in [-0.4, -0.2) is 38.1 Å². The molecular weight excluding hydrogens is 208 g/mol. The molecule has 80 valence electrons. The van der Waals surface area contributed by atoms with Crippen LogP contribution in [0.1, 0.15) is 20.3 Å². The second-order valence-corrected chi connectivity index (χ2v) is 5.86. The molecule has 0 saturated carbocycles. The molecule has 0 bridgehead atoms. The lowest BCUT2D eigenvalue weighted by atomic mass is 10.1. The molecule has 0 heterocycles. The van der Waals surface area contributed by atoms with Gasteiger partial charge in [0.05, 0.1) is 6.26 Å². The molecule has 0 rings (SSSR count).